The Bertz CT molecular complexity index is 558. The number of benzene rings is 1. The molecule has 1 aromatic rings. The number of ether oxygens (including phenoxy) is 1. The van der Waals surface area contributed by atoms with Gasteiger partial charge in [0.15, 0.2) is 0 Å². The van der Waals surface area contributed by atoms with Crippen LogP contribution in [-0.4, -0.2) is 66.8 Å². The van der Waals surface area contributed by atoms with Crippen molar-refractivity contribution in [3.63, 3.8) is 0 Å². The van der Waals surface area contributed by atoms with Crippen molar-refractivity contribution in [2.45, 2.75) is 32.3 Å². The maximum atomic E-state index is 12.4. The van der Waals surface area contributed by atoms with E-state index in [1.807, 2.05) is 17.0 Å². The minimum Gasteiger partial charge on any atom is -0.392 e. The number of rotatable bonds is 7. The van der Waals surface area contributed by atoms with Gasteiger partial charge in [0.25, 0.3) is 0 Å². The molecule has 0 spiro atoms. The van der Waals surface area contributed by atoms with Crippen molar-refractivity contribution in [1.82, 2.24) is 9.80 Å². The molecule has 138 valence electrons. The molecule has 0 aromatic heterocycles. The topological polar surface area (TPSA) is 53.0 Å². The lowest BCUT2D eigenvalue weighted by atomic mass is 9.97. The molecule has 0 saturated carbocycles. The van der Waals surface area contributed by atoms with Gasteiger partial charge in [0.1, 0.15) is 0 Å². The average molecular weight is 346 g/mol. The summed E-state index contributed by atoms with van der Waals surface area (Å²) in [6, 6.07) is 8.14. The fraction of sp³-hybridized carbons (Fsp3) is 0.650. The number of aliphatic hydroxyl groups is 1. The summed E-state index contributed by atoms with van der Waals surface area (Å²) in [6.45, 7) is 6.48. The monoisotopic (exact) mass is 346 g/mol. The number of amides is 1. The molecule has 0 bridgehead atoms. The first-order valence-electron chi connectivity index (χ1n) is 9.51. The molecule has 3 rings (SSSR count). The molecule has 1 aromatic carbocycles. The second kappa shape index (κ2) is 9.32. The molecular formula is C20H30N2O3. The summed E-state index contributed by atoms with van der Waals surface area (Å²) >= 11 is 0. The predicted octanol–water partition coefficient (Wildman–Crippen LogP) is 1.68. The third-order valence-electron chi connectivity index (χ3n) is 5.31. The molecule has 1 N–H and O–H groups in total. The Morgan fingerprint density at radius 2 is 2.00 bits per heavy atom. The van der Waals surface area contributed by atoms with Gasteiger partial charge in [0.05, 0.1) is 19.8 Å². The number of likely N-dealkylation sites (tertiary alicyclic amines) is 1. The van der Waals surface area contributed by atoms with Gasteiger partial charge in [-0.2, -0.15) is 0 Å². The zero-order valence-electron chi connectivity index (χ0n) is 15.0. The zero-order chi connectivity index (χ0) is 17.5. The normalized spacial score (nSPS) is 21.6. The Balaban J connectivity index is 1.38. The molecule has 2 fully saturated rings. The van der Waals surface area contributed by atoms with E-state index in [9.17, 15) is 9.90 Å². The minimum absolute atomic E-state index is 0.0895. The highest BCUT2D eigenvalue weighted by Gasteiger charge is 2.26. The molecule has 2 aliphatic heterocycles. The molecule has 1 amide bonds. The first-order chi connectivity index (χ1) is 12.2. The van der Waals surface area contributed by atoms with Crippen LogP contribution in [0.3, 0.4) is 0 Å². The Morgan fingerprint density at radius 1 is 1.20 bits per heavy atom. The number of carbonyl (C=O) groups is 1. The van der Waals surface area contributed by atoms with E-state index in [0.717, 1.165) is 70.8 Å². The highest BCUT2D eigenvalue weighted by Crippen LogP contribution is 2.22. The molecule has 2 saturated heterocycles. The fourth-order valence-corrected chi connectivity index (χ4v) is 3.85. The fourth-order valence-electron chi connectivity index (χ4n) is 3.85. The standard InChI is InChI=1S/C20H30N2O3/c23-16-19-4-1-3-17(14-19)13-18-6-8-22(15-18)20(24)5-2-7-21-9-11-25-12-10-21/h1,3-4,14,18,23H,2,5-13,15-16H2. The van der Waals surface area contributed by atoms with Gasteiger partial charge < -0.3 is 14.7 Å². The summed E-state index contributed by atoms with van der Waals surface area (Å²) < 4.78 is 5.35. The number of hydrogen-bond acceptors (Lipinski definition) is 4. The summed E-state index contributed by atoms with van der Waals surface area (Å²) in [5.74, 6) is 0.844. The van der Waals surface area contributed by atoms with Gasteiger partial charge in [-0.3, -0.25) is 9.69 Å². The highest BCUT2D eigenvalue weighted by molar-refractivity contribution is 5.76. The number of carbonyl (C=O) groups excluding carboxylic acids is 1. The van der Waals surface area contributed by atoms with Crippen LogP contribution in [0.2, 0.25) is 0 Å². The second-order valence-electron chi connectivity index (χ2n) is 7.23. The Kier molecular flexibility index (Phi) is 6.84. The van der Waals surface area contributed by atoms with E-state index < -0.39 is 0 Å². The van der Waals surface area contributed by atoms with E-state index in [1.165, 1.54) is 5.56 Å². The maximum Gasteiger partial charge on any atom is 0.222 e. The van der Waals surface area contributed by atoms with Crippen molar-refractivity contribution in [1.29, 1.82) is 0 Å². The van der Waals surface area contributed by atoms with Crippen molar-refractivity contribution < 1.29 is 14.6 Å². The van der Waals surface area contributed by atoms with Gasteiger partial charge in [-0.05, 0) is 42.9 Å². The van der Waals surface area contributed by atoms with Crippen LogP contribution in [0.4, 0.5) is 0 Å². The van der Waals surface area contributed by atoms with E-state index in [1.54, 1.807) is 0 Å². The Labute approximate surface area is 150 Å². The zero-order valence-corrected chi connectivity index (χ0v) is 15.0. The summed E-state index contributed by atoms with van der Waals surface area (Å²) in [6.07, 6.45) is 3.67. The molecule has 2 aliphatic rings. The third kappa shape index (κ3) is 5.53. The number of hydrogen-bond donors (Lipinski definition) is 1. The van der Waals surface area contributed by atoms with Gasteiger partial charge in [-0.25, -0.2) is 0 Å². The molecular weight excluding hydrogens is 316 g/mol. The van der Waals surface area contributed by atoms with Crippen LogP contribution in [0, 0.1) is 5.92 Å². The van der Waals surface area contributed by atoms with E-state index in [0.29, 0.717) is 18.2 Å². The lowest BCUT2D eigenvalue weighted by Gasteiger charge is -2.26. The van der Waals surface area contributed by atoms with Crippen LogP contribution in [0.5, 0.6) is 0 Å². The van der Waals surface area contributed by atoms with Crippen molar-refractivity contribution >= 4 is 5.91 Å². The first-order valence-corrected chi connectivity index (χ1v) is 9.51. The highest BCUT2D eigenvalue weighted by atomic mass is 16.5. The molecule has 1 unspecified atom stereocenters. The maximum absolute atomic E-state index is 12.4. The van der Waals surface area contributed by atoms with Gasteiger partial charge in [0, 0.05) is 32.6 Å². The van der Waals surface area contributed by atoms with Crippen LogP contribution >= 0.6 is 0 Å². The van der Waals surface area contributed by atoms with Gasteiger partial charge in [-0.1, -0.05) is 24.3 Å². The van der Waals surface area contributed by atoms with Gasteiger partial charge in [-0.15, -0.1) is 0 Å². The van der Waals surface area contributed by atoms with Crippen LogP contribution in [0.15, 0.2) is 24.3 Å². The summed E-state index contributed by atoms with van der Waals surface area (Å²) in [5.41, 5.74) is 2.23. The van der Waals surface area contributed by atoms with Crippen LogP contribution in [0.1, 0.15) is 30.4 Å². The number of nitrogens with zero attached hydrogens (tertiary/aromatic N) is 2. The van der Waals surface area contributed by atoms with E-state index in [2.05, 4.69) is 17.0 Å². The smallest absolute Gasteiger partial charge is 0.222 e. The van der Waals surface area contributed by atoms with E-state index >= 15 is 0 Å². The summed E-state index contributed by atoms with van der Waals surface area (Å²) in [7, 11) is 0. The summed E-state index contributed by atoms with van der Waals surface area (Å²) in [5, 5.41) is 9.25. The molecule has 5 nitrogen and oxygen atoms in total. The van der Waals surface area contributed by atoms with Gasteiger partial charge >= 0.3 is 0 Å². The van der Waals surface area contributed by atoms with Gasteiger partial charge in [0.2, 0.25) is 5.91 Å². The molecule has 0 aliphatic carbocycles. The number of morpholine rings is 1. The van der Waals surface area contributed by atoms with Crippen LogP contribution < -0.4 is 0 Å². The largest absolute Gasteiger partial charge is 0.392 e. The SMILES string of the molecule is O=C(CCCN1CCOCC1)N1CCC(Cc2cccc(CO)c2)C1. The third-order valence-corrected chi connectivity index (χ3v) is 5.31. The quantitative estimate of drug-likeness (QED) is 0.816. The Hall–Kier alpha value is -1.43. The molecule has 2 heterocycles. The van der Waals surface area contributed by atoms with E-state index in [-0.39, 0.29) is 6.61 Å². The molecule has 0 radical (unpaired) electrons. The van der Waals surface area contributed by atoms with Crippen LogP contribution in [-0.2, 0) is 22.6 Å². The second-order valence-corrected chi connectivity index (χ2v) is 7.23. The van der Waals surface area contributed by atoms with E-state index in [4.69, 9.17) is 4.74 Å². The van der Waals surface area contributed by atoms with Crippen molar-refractivity contribution in [2.75, 3.05) is 45.9 Å². The average Bonchev–Trinajstić information content (AvgIpc) is 3.11. The first kappa shape index (κ1) is 18.4. The molecule has 25 heavy (non-hydrogen) atoms. The summed E-state index contributed by atoms with van der Waals surface area (Å²) in [4.78, 5) is 16.9. The molecule has 5 heteroatoms. The van der Waals surface area contributed by atoms with Crippen molar-refractivity contribution in [3.8, 4) is 0 Å². The van der Waals surface area contributed by atoms with Crippen LogP contribution in [0.25, 0.3) is 0 Å². The number of aliphatic hydroxyl groups excluding tert-OH is 1. The lowest BCUT2D eigenvalue weighted by Crippen LogP contribution is -2.37. The predicted molar refractivity (Wildman–Crippen MR) is 97.2 cm³/mol. The lowest BCUT2D eigenvalue weighted by molar-refractivity contribution is -0.130. The Morgan fingerprint density at radius 3 is 2.80 bits per heavy atom. The minimum atomic E-state index is 0.0895. The van der Waals surface area contributed by atoms with Crippen molar-refractivity contribution in [3.05, 3.63) is 35.4 Å². The molecule has 1 atom stereocenters. The van der Waals surface area contributed by atoms with Crippen molar-refractivity contribution in [2.24, 2.45) is 5.92 Å².